The van der Waals surface area contributed by atoms with Gasteiger partial charge in [-0.3, -0.25) is 4.79 Å². The fraction of sp³-hybridized carbons (Fsp3) is 0.480. The van der Waals surface area contributed by atoms with Gasteiger partial charge in [0.2, 0.25) is 5.91 Å². The highest BCUT2D eigenvalue weighted by molar-refractivity contribution is 5.73. The standard InChI is InChI=1S/C25H34N2O4/c1-18(17-29-4)30-24-8-6-5-7-22(15-24)27-14-13-25(16-27)31-23-11-9-21(10-12-23)19(2)26-20(3)28/h5-7,9-12,15,18-19,25H,8,13-14,16-17H2,1-4H3,(H,26,28). The number of allylic oxidation sites excluding steroid dienone is 4. The minimum absolute atomic E-state index is 0.0152. The minimum Gasteiger partial charge on any atom is -0.492 e. The van der Waals surface area contributed by atoms with Gasteiger partial charge >= 0.3 is 0 Å². The van der Waals surface area contributed by atoms with Crippen LogP contribution < -0.4 is 10.1 Å². The van der Waals surface area contributed by atoms with Crippen LogP contribution in [0.25, 0.3) is 0 Å². The lowest BCUT2D eigenvalue weighted by molar-refractivity contribution is -0.119. The van der Waals surface area contributed by atoms with Gasteiger partial charge in [-0.2, -0.15) is 0 Å². The van der Waals surface area contributed by atoms with Gasteiger partial charge in [0.1, 0.15) is 23.7 Å². The van der Waals surface area contributed by atoms with Gasteiger partial charge in [-0.25, -0.2) is 0 Å². The number of nitrogens with one attached hydrogen (secondary N) is 1. The molecule has 3 rings (SSSR count). The Labute approximate surface area is 185 Å². The highest BCUT2D eigenvalue weighted by atomic mass is 16.5. The molecule has 6 heteroatoms. The highest BCUT2D eigenvalue weighted by Gasteiger charge is 2.25. The number of likely N-dealkylation sites (tertiary alicyclic amines) is 1. The maximum Gasteiger partial charge on any atom is 0.217 e. The van der Waals surface area contributed by atoms with Crippen molar-refractivity contribution in [2.24, 2.45) is 0 Å². The summed E-state index contributed by atoms with van der Waals surface area (Å²) >= 11 is 0. The number of carbonyl (C=O) groups is 1. The molecule has 0 spiro atoms. The van der Waals surface area contributed by atoms with Crippen molar-refractivity contribution in [3.05, 3.63) is 65.6 Å². The van der Waals surface area contributed by atoms with Crippen LogP contribution in [-0.2, 0) is 14.3 Å². The summed E-state index contributed by atoms with van der Waals surface area (Å²) in [5.41, 5.74) is 2.21. The van der Waals surface area contributed by atoms with E-state index in [0.717, 1.165) is 48.7 Å². The van der Waals surface area contributed by atoms with Crippen molar-refractivity contribution in [3.8, 4) is 5.75 Å². The average Bonchev–Trinajstić information content (AvgIpc) is 3.06. The second-order valence-corrected chi connectivity index (χ2v) is 8.18. The first-order chi connectivity index (χ1) is 14.9. The van der Waals surface area contributed by atoms with E-state index in [1.165, 1.54) is 6.92 Å². The molecule has 3 unspecified atom stereocenters. The minimum atomic E-state index is -0.0303. The van der Waals surface area contributed by atoms with Gasteiger partial charge in [-0.05, 0) is 43.7 Å². The quantitative estimate of drug-likeness (QED) is 0.644. The lowest BCUT2D eigenvalue weighted by Gasteiger charge is -2.22. The van der Waals surface area contributed by atoms with Crippen molar-refractivity contribution >= 4 is 5.91 Å². The Kier molecular flexibility index (Phi) is 8.18. The van der Waals surface area contributed by atoms with Gasteiger partial charge in [0.05, 0.1) is 19.2 Å². The summed E-state index contributed by atoms with van der Waals surface area (Å²) in [7, 11) is 1.69. The van der Waals surface area contributed by atoms with Gasteiger partial charge in [0.25, 0.3) is 0 Å². The van der Waals surface area contributed by atoms with Crippen molar-refractivity contribution in [2.45, 2.75) is 51.9 Å². The zero-order valence-electron chi connectivity index (χ0n) is 19.0. The van der Waals surface area contributed by atoms with Crippen molar-refractivity contribution in [1.82, 2.24) is 10.2 Å². The van der Waals surface area contributed by atoms with Gasteiger partial charge in [0, 0.05) is 39.1 Å². The summed E-state index contributed by atoms with van der Waals surface area (Å²) in [4.78, 5) is 13.6. The van der Waals surface area contributed by atoms with E-state index in [4.69, 9.17) is 14.2 Å². The summed E-state index contributed by atoms with van der Waals surface area (Å²) < 4.78 is 17.4. The number of methoxy groups -OCH3 is 1. The van der Waals surface area contributed by atoms with Gasteiger partial charge in [-0.1, -0.05) is 24.3 Å². The van der Waals surface area contributed by atoms with E-state index in [1.807, 2.05) is 38.1 Å². The third-order valence-electron chi connectivity index (χ3n) is 5.40. The molecule has 1 saturated heterocycles. The van der Waals surface area contributed by atoms with Crippen LogP contribution in [0.5, 0.6) is 5.75 Å². The predicted molar refractivity (Wildman–Crippen MR) is 122 cm³/mol. The molecule has 0 aromatic heterocycles. The molecule has 0 saturated carbocycles. The number of amides is 1. The Morgan fingerprint density at radius 1 is 1.26 bits per heavy atom. The van der Waals surface area contributed by atoms with Crippen LogP contribution in [0.2, 0.25) is 0 Å². The molecule has 0 bridgehead atoms. The molecule has 31 heavy (non-hydrogen) atoms. The molecule has 1 amide bonds. The van der Waals surface area contributed by atoms with Crippen molar-refractivity contribution in [1.29, 1.82) is 0 Å². The van der Waals surface area contributed by atoms with E-state index in [0.29, 0.717) is 6.61 Å². The lowest BCUT2D eigenvalue weighted by atomic mass is 10.1. The lowest BCUT2D eigenvalue weighted by Crippen LogP contribution is -2.24. The van der Waals surface area contributed by atoms with Crippen LogP contribution in [0, 0.1) is 0 Å². The molecule has 3 atom stereocenters. The second kappa shape index (κ2) is 11.0. The third-order valence-corrected chi connectivity index (χ3v) is 5.40. The second-order valence-electron chi connectivity index (χ2n) is 8.18. The van der Waals surface area contributed by atoms with Crippen molar-refractivity contribution in [2.75, 3.05) is 26.8 Å². The maximum absolute atomic E-state index is 11.2. The zero-order chi connectivity index (χ0) is 22.2. The maximum atomic E-state index is 11.2. The largest absolute Gasteiger partial charge is 0.492 e. The van der Waals surface area contributed by atoms with Gasteiger partial charge in [0.15, 0.2) is 0 Å². The molecule has 0 radical (unpaired) electrons. The highest BCUT2D eigenvalue weighted by Crippen LogP contribution is 2.25. The molecular weight excluding hydrogens is 392 g/mol. The van der Waals surface area contributed by atoms with Gasteiger partial charge < -0.3 is 24.4 Å². The summed E-state index contributed by atoms with van der Waals surface area (Å²) in [5, 5.41) is 2.90. The topological polar surface area (TPSA) is 60.0 Å². The number of carbonyl (C=O) groups excluding carboxylic acids is 1. The summed E-state index contributed by atoms with van der Waals surface area (Å²) in [5.74, 6) is 1.78. The number of rotatable bonds is 9. The normalized spacial score (nSPS) is 20.4. The summed E-state index contributed by atoms with van der Waals surface area (Å²) in [6.45, 7) is 7.87. The van der Waals surface area contributed by atoms with Crippen LogP contribution >= 0.6 is 0 Å². The molecule has 1 heterocycles. The smallest absolute Gasteiger partial charge is 0.217 e. The first kappa shape index (κ1) is 22.9. The first-order valence-corrected chi connectivity index (χ1v) is 11.0. The molecule has 2 aliphatic rings. The van der Waals surface area contributed by atoms with E-state index in [-0.39, 0.29) is 24.2 Å². The van der Waals surface area contributed by atoms with Crippen LogP contribution in [0.1, 0.15) is 45.2 Å². The Balaban J connectivity index is 1.56. The van der Waals surface area contributed by atoms with Crippen LogP contribution in [0.15, 0.2) is 60.0 Å². The van der Waals surface area contributed by atoms with E-state index in [9.17, 15) is 4.79 Å². The van der Waals surface area contributed by atoms with Crippen LogP contribution in [0.4, 0.5) is 0 Å². The van der Waals surface area contributed by atoms with Crippen LogP contribution in [0.3, 0.4) is 0 Å². The Hall–Kier alpha value is -2.73. The first-order valence-electron chi connectivity index (χ1n) is 11.0. The van der Waals surface area contributed by atoms with Crippen molar-refractivity contribution < 1.29 is 19.0 Å². The molecule has 1 N–H and O–H groups in total. The Morgan fingerprint density at radius 2 is 2.03 bits per heavy atom. The molecule has 1 aliphatic heterocycles. The fourth-order valence-electron chi connectivity index (χ4n) is 3.90. The fourth-order valence-corrected chi connectivity index (χ4v) is 3.90. The number of nitrogens with zero attached hydrogens (tertiary/aromatic N) is 1. The average molecular weight is 427 g/mol. The van der Waals surface area contributed by atoms with E-state index < -0.39 is 0 Å². The number of hydrogen-bond acceptors (Lipinski definition) is 5. The van der Waals surface area contributed by atoms with E-state index in [1.54, 1.807) is 7.11 Å². The molecule has 1 aliphatic carbocycles. The molecule has 6 nitrogen and oxygen atoms in total. The Bertz CT molecular complexity index is 828. The molecule has 1 fully saturated rings. The SMILES string of the molecule is COCC(C)OC1=CC(N2CCC(Oc3ccc(C(C)NC(C)=O)cc3)C2)=CC=CC1. The Morgan fingerprint density at radius 3 is 2.74 bits per heavy atom. The third kappa shape index (κ3) is 6.89. The van der Waals surface area contributed by atoms with E-state index >= 15 is 0 Å². The summed E-state index contributed by atoms with van der Waals surface area (Å²) in [6.07, 6.45) is 10.4. The zero-order valence-corrected chi connectivity index (χ0v) is 19.0. The molecule has 1 aromatic rings. The van der Waals surface area contributed by atoms with Gasteiger partial charge in [-0.15, -0.1) is 0 Å². The van der Waals surface area contributed by atoms with E-state index in [2.05, 4.69) is 34.5 Å². The molecule has 1 aromatic carbocycles. The number of ether oxygens (including phenoxy) is 3. The predicted octanol–water partition coefficient (Wildman–Crippen LogP) is 4.12. The molecule has 168 valence electrons. The number of benzene rings is 1. The summed E-state index contributed by atoms with van der Waals surface area (Å²) in [6, 6.07) is 7.96. The van der Waals surface area contributed by atoms with Crippen molar-refractivity contribution in [3.63, 3.8) is 0 Å². The number of hydrogen-bond donors (Lipinski definition) is 1. The molecular formula is C25H34N2O4. The monoisotopic (exact) mass is 426 g/mol. The van der Waals surface area contributed by atoms with Crippen LogP contribution in [-0.4, -0.2) is 49.8 Å².